The van der Waals surface area contributed by atoms with Crippen LogP contribution in [0.15, 0.2) is 55.0 Å². The number of hydrogen-bond donors (Lipinski definition) is 2. The van der Waals surface area contributed by atoms with E-state index in [0.717, 1.165) is 17.7 Å². The molecule has 2 heterocycles. The van der Waals surface area contributed by atoms with Crippen molar-refractivity contribution in [3.63, 3.8) is 0 Å². The van der Waals surface area contributed by atoms with E-state index < -0.39 is 29.0 Å². The lowest BCUT2D eigenvalue weighted by Gasteiger charge is -2.09. The number of hydrogen-bond acceptors (Lipinski definition) is 4. The molecule has 0 unspecified atom stereocenters. The Morgan fingerprint density at radius 3 is 2.65 bits per heavy atom. The van der Waals surface area contributed by atoms with Crippen molar-refractivity contribution in [2.45, 2.75) is 6.54 Å². The fourth-order valence-corrected chi connectivity index (χ4v) is 2.18. The minimum atomic E-state index is -1.65. The quantitative estimate of drug-likeness (QED) is 0.682. The fraction of sp³-hybridized carbons (Fsp3) is 0.0556. The highest BCUT2D eigenvalue weighted by Gasteiger charge is 2.16. The van der Waals surface area contributed by atoms with E-state index in [1.165, 1.54) is 12.3 Å². The maximum absolute atomic E-state index is 13.7. The number of amides is 1. The molecule has 0 fully saturated rings. The van der Waals surface area contributed by atoms with E-state index in [1.54, 1.807) is 24.5 Å². The molecule has 5 nitrogen and oxygen atoms in total. The summed E-state index contributed by atoms with van der Waals surface area (Å²) in [5, 5.41) is 5.28. The zero-order chi connectivity index (χ0) is 18.5. The van der Waals surface area contributed by atoms with Gasteiger partial charge in [0.25, 0.3) is 5.91 Å². The molecule has 2 aromatic heterocycles. The van der Waals surface area contributed by atoms with E-state index in [0.29, 0.717) is 12.2 Å². The molecule has 0 atom stereocenters. The second kappa shape index (κ2) is 7.64. The Hall–Kier alpha value is -3.42. The van der Waals surface area contributed by atoms with Crippen LogP contribution in [0.4, 0.5) is 24.5 Å². The number of benzene rings is 1. The Labute approximate surface area is 146 Å². The van der Waals surface area contributed by atoms with E-state index in [2.05, 4.69) is 20.6 Å². The van der Waals surface area contributed by atoms with Gasteiger partial charge in [0.2, 0.25) is 0 Å². The highest BCUT2D eigenvalue weighted by atomic mass is 19.2. The van der Waals surface area contributed by atoms with Crippen molar-refractivity contribution in [3.8, 4) is 0 Å². The van der Waals surface area contributed by atoms with Crippen LogP contribution in [0.3, 0.4) is 0 Å². The monoisotopic (exact) mass is 358 g/mol. The van der Waals surface area contributed by atoms with Gasteiger partial charge in [-0.05, 0) is 35.9 Å². The van der Waals surface area contributed by atoms with Crippen LogP contribution < -0.4 is 10.6 Å². The van der Waals surface area contributed by atoms with Crippen LogP contribution in [0.2, 0.25) is 0 Å². The first-order chi connectivity index (χ1) is 12.5. The molecule has 1 aromatic carbocycles. The zero-order valence-corrected chi connectivity index (χ0v) is 13.3. The van der Waals surface area contributed by atoms with E-state index in [-0.39, 0.29) is 5.69 Å². The summed E-state index contributed by atoms with van der Waals surface area (Å²) in [5.41, 5.74) is 1.08. The first-order valence-corrected chi connectivity index (χ1v) is 7.58. The molecular weight excluding hydrogens is 345 g/mol. The van der Waals surface area contributed by atoms with Crippen LogP contribution in [0.25, 0.3) is 0 Å². The Bertz CT molecular complexity index is 935. The highest BCUT2D eigenvalue weighted by Crippen LogP contribution is 2.20. The minimum absolute atomic E-state index is 0.00896. The SMILES string of the molecule is O=C(Nc1ccc(F)c(F)c1F)c1cc(NCc2cccnc2)ccn1. The average molecular weight is 358 g/mol. The second-order valence-corrected chi connectivity index (χ2v) is 5.32. The third kappa shape index (κ3) is 3.97. The van der Waals surface area contributed by atoms with Gasteiger partial charge in [-0.25, -0.2) is 13.2 Å². The van der Waals surface area contributed by atoms with Crippen LogP contribution in [0.1, 0.15) is 16.1 Å². The molecule has 0 aliphatic carbocycles. The molecule has 1 amide bonds. The number of nitrogens with zero attached hydrogens (tertiary/aromatic N) is 2. The molecule has 0 aliphatic rings. The van der Waals surface area contributed by atoms with Gasteiger partial charge in [-0.2, -0.15) is 0 Å². The molecule has 3 aromatic rings. The van der Waals surface area contributed by atoms with Gasteiger partial charge in [0.1, 0.15) is 5.69 Å². The lowest BCUT2D eigenvalue weighted by atomic mass is 10.2. The third-order valence-electron chi connectivity index (χ3n) is 3.50. The lowest BCUT2D eigenvalue weighted by molar-refractivity contribution is 0.102. The third-order valence-corrected chi connectivity index (χ3v) is 3.50. The van der Waals surface area contributed by atoms with Gasteiger partial charge < -0.3 is 10.6 Å². The van der Waals surface area contributed by atoms with Crippen molar-refractivity contribution >= 4 is 17.3 Å². The standard InChI is InChI=1S/C18H13F3N4O/c19-13-3-4-14(17(21)16(13)20)25-18(26)15-8-12(5-7-23-15)24-10-11-2-1-6-22-9-11/h1-9H,10H2,(H,23,24)(H,25,26). The molecule has 0 bridgehead atoms. The molecule has 0 saturated carbocycles. The van der Waals surface area contributed by atoms with Crippen molar-refractivity contribution in [1.29, 1.82) is 0 Å². The van der Waals surface area contributed by atoms with Gasteiger partial charge >= 0.3 is 0 Å². The number of halogens is 3. The van der Waals surface area contributed by atoms with Gasteiger partial charge in [0.05, 0.1) is 5.69 Å². The Kier molecular flexibility index (Phi) is 5.12. The number of rotatable bonds is 5. The summed E-state index contributed by atoms with van der Waals surface area (Å²) in [4.78, 5) is 20.1. The summed E-state index contributed by atoms with van der Waals surface area (Å²) in [6.45, 7) is 0.483. The molecule has 26 heavy (non-hydrogen) atoms. The summed E-state index contributed by atoms with van der Waals surface area (Å²) in [6, 6.07) is 8.48. The summed E-state index contributed by atoms with van der Waals surface area (Å²) >= 11 is 0. The van der Waals surface area contributed by atoms with Crippen LogP contribution in [-0.2, 0) is 6.54 Å². The number of nitrogens with one attached hydrogen (secondary N) is 2. The van der Waals surface area contributed by atoms with Gasteiger partial charge in [-0.1, -0.05) is 6.07 Å². The van der Waals surface area contributed by atoms with Crippen LogP contribution in [0.5, 0.6) is 0 Å². The van der Waals surface area contributed by atoms with E-state index in [1.807, 2.05) is 6.07 Å². The van der Waals surface area contributed by atoms with Crippen LogP contribution in [0, 0.1) is 17.5 Å². The van der Waals surface area contributed by atoms with E-state index >= 15 is 0 Å². The van der Waals surface area contributed by atoms with Crippen molar-refractivity contribution in [3.05, 3.63) is 83.7 Å². The van der Waals surface area contributed by atoms with Gasteiger partial charge in [-0.3, -0.25) is 14.8 Å². The smallest absolute Gasteiger partial charge is 0.274 e. The zero-order valence-electron chi connectivity index (χ0n) is 13.3. The molecule has 2 N–H and O–H groups in total. The summed E-state index contributed by atoms with van der Waals surface area (Å²) in [6.07, 6.45) is 4.77. The first kappa shape index (κ1) is 17.4. The largest absolute Gasteiger partial charge is 0.381 e. The number of aromatic nitrogens is 2. The number of carbonyl (C=O) groups is 1. The Morgan fingerprint density at radius 2 is 1.88 bits per heavy atom. The summed E-state index contributed by atoms with van der Waals surface area (Å²) < 4.78 is 39.8. The van der Waals surface area contributed by atoms with Gasteiger partial charge in [-0.15, -0.1) is 0 Å². The maximum Gasteiger partial charge on any atom is 0.274 e. The molecular formula is C18H13F3N4O. The normalized spacial score (nSPS) is 10.4. The molecule has 3 rings (SSSR count). The molecule has 0 saturated heterocycles. The van der Waals surface area contributed by atoms with Crippen LogP contribution in [-0.4, -0.2) is 15.9 Å². The van der Waals surface area contributed by atoms with Crippen molar-refractivity contribution < 1.29 is 18.0 Å². The number of pyridine rings is 2. The molecule has 0 spiro atoms. The molecule has 0 aliphatic heterocycles. The van der Waals surface area contributed by atoms with Gasteiger partial charge in [0, 0.05) is 30.8 Å². The molecule has 0 radical (unpaired) electrons. The number of carbonyl (C=O) groups excluding carboxylic acids is 1. The predicted octanol–water partition coefficient (Wildman–Crippen LogP) is 3.76. The fourth-order valence-electron chi connectivity index (χ4n) is 2.18. The predicted molar refractivity (Wildman–Crippen MR) is 90.1 cm³/mol. The first-order valence-electron chi connectivity index (χ1n) is 7.58. The lowest BCUT2D eigenvalue weighted by Crippen LogP contribution is -2.15. The van der Waals surface area contributed by atoms with E-state index in [9.17, 15) is 18.0 Å². The maximum atomic E-state index is 13.7. The molecule has 132 valence electrons. The minimum Gasteiger partial charge on any atom is -0.381 e. The summed E-state index contributed by atoms with van der Waals surface area (Å²) in [7, 11) is 0. The topological polar surface area (TPSA) is 66.9 Å². The Balaban J connectivity index is 1.71. The summed E-state index contributed by atoms with van der Waals surface area (Å²) in [5.74, 6) is -5.20. The number of anilines is 2. The average Bonchev–Trinajstić information content (AvgIpc) is 2.68. The second-order valence-electron chi connectivity index (χ2n) is 5.32. The highest BCUT2D eigenvalue weighted by molar-refractivity contribution is 6.03. The van der Waals surface area contributed by atoms with Crippen LogP contribution >= 0.6 is 0 Å². The molecule has 8 heteroatoms. The van der Waals surface area contributed by atoms with Crippen molar-refractivity contribution in [1.82, 2.24) is 9.97 Å². The van der Waals surface area contributed by atoms with Crippen molar-refractivity contribution in [2.24, 2.45) is 0 Å². The van der Waals surface area contributed by atoms with E-state index in [4.69, 9.17) is 0 Å². The Morgan fingerprint density at radius 1 is 1.04 bits per heavy atom. The van der Waals surface area contributed by atoms with Gasteiger partial charge in [0.15, 0.2) is 17.5 Å². The van der Waals surface area contributed by atoms with Crippen molar-refractivity contribution in [2.75, 3.05) is 10.6 Å².